The highest BCUT2D eigenvalue weighted by Crippen LogP contribution is 2.30. The molecule has 0 bridgehead atoms. The molecule has 37 heavy (non-hydrogen) atoms. The molecular formula is C26H35N7O4. The average molecular weight is 510 g/mol. The normalized spacial score (nSPS) is 16.9. The molecule has 5 rings (SSSR count). The van der Waals surface area contributed by atoms with Crippen molar-refractivity contribution >= 4 is 23.2 Å². The fraction of sp³-hybridized carbons (Fsp3) is 0.538. The third kappa shape index (κ3) is 5.47. The lowest BCUT2D eigenvalue weighted by Gasteiger charge is -2.36. The maximum absolute atomic E-state index is 12.4. The summed E-state index contributed by atoms with van der Waals surface area (Å²) in [7, 11) is 0. The fourth-order valence-corrected chi connectivity index (χ4v) is 4.76. The Bertz CT molecular complexity index is 1220. The molecule has 1 N–H and O–H groups in total. The zero-order valence-electron chi connectivity index (χ0n) is 21.8. The van der Waals surface area contributed by atoms with Crippen molar-refractivity contribution in [2.75, 3.05) is 68.9 Å². The number of rotatable bonds is 5. The molecule has 5 heterocycles. The van der Waals surface area contributed by atoms with Crippen molar-refractivity contribution in [3.05, 3.63) is 36.3 Å². The lowest BCUT2D eigenvalue weighted by Crippen LogP contribution is -2.50. The van der Waals surface area contributed by atoms with Gasteiger partial charge < -0.3 is 29.3 Å². The Kier molecular flexibility index (Phi) is 7.16. The molecule has 0 aromatic carbocycles. The van der Waals surface area contributed by atoms with Crippen LogP contribution in [0.25, 0.3) is 16.9 Å². The van der Waals surface area contributed by atoms with E-state index in [1.165, 1.54) is 0 Å². The van der Waals surface area contributed by atoms with Crippen LogP contribution in [0.5, 0.6) is 0 Å². The number of ether oxygens (including phenoxy) is 2. The monoisotopic (exact) mass is 509 g/mol. The van der Waals surface area contributed by atoms with E-state index in [2.05, 4.69) is 14.9 Å². The van der Waals surface area contributed by atoms with Crippen LogP contribution < -0.4 is 9.80 Å². The molecule has 0 unspecified atom stereocenters. The van der Waals surface area contributed by atoms with Gasteiger partial charge in [0.1, 0.15) is 11.4 Å². The number of piperazine rings is 1. The summed E-state index contributed by atoms with van der Waals surface area (Å²) in [4.78, 5) is 28.2. The molecule has 0 aliphatic carbocycles. The van der Waals surface area contributed by atoms with Crippen LogP contribution in [0.1, 0.15) is 26.5 Å². The van der Waals surface area contributed by atoms with Crippen LogP contribution in [0.4, 0.5) is 16.3 Å². The molecule has 198 valence electrons. The smallest absolute Gasteiger partial charge is 0.410 e. The fourth-order valence-electron chi connectivity index (χ4n) is 4.76. The summed E-state index contributed by atoms with van der Waals surface area (Å²) in [5, 5.41) is 14.3. The van der Waals surface area contributed by atoms with Crippen LogP contribution in [0.3, 0.4) is 0 Å². The number of aromatic nitrogens is 4. The van der Waals surface area contributed by atoms with Crippen molar-refractivity contribution in [2.45, 2.75) is 32.8 Å². The molecule has 1 amide bonds. The lowest BCUT2D eigenvalue weighted by atomic mass is 10.1. The van der Waals surface area contributed by atoms with Gasteiger partial charge in [0.05, 0.1) is 36.5 Å². The van der Waals surface area contributed by atoms with Gasteiger partial charge in [0.25, 0.3) is 0 Å². The van der Waals surface area contributed by atoms with E-state index < -0.39 is 5.60 Å². The van der Waals surface area contributed by atoms with E-state index in [0.717, 1.165) is 47.2 Å². The predicted octanol–water partition coefficient (Wildman–Crippen LogP) is 2.22. The second-order valence-corrected chi connectivity index (χ2v) is 10.3. The van der Waals surface area contributed by atoms with E-state index in [1.54, 1.807) is 11.1 Å². The first-order valence-corrected chi connectivity index (χ1v) is 12.8. The molecule has 3 aromatic heterocycles. The van der Waals surface area contributed by atoms with Gasteiger partial charge in [-0.15, -0.1) is 0 Å². The summed E-state index contributed by atoms with van der Waals surface area (Å²) in [5.74, 6) is 0.854. The lowest BCUT2D eigenvalue weighted by molar-refractivity contribution is 0.0240. The van der Waals surface area contributed by atoms with E-state index in [0.29, 0.717) is 45.8 Å². The quantitative estimate of drug-likeness (QED) is 0.554. The summed E-state index contributed by atoms with van der Waals surface area (Å²) in [6.45, 7) is 11.1. The van der Waals surface area contributed by atoms with Gasteiger partial charge in [0.2, 0.25) is 0 Å². The largest absolute Gasteiger partial charge is 0.444 e. The molecular weight excluding hydrogens is 474 g/mol. The maximum Gasteiger partial charge on any atom is 0.410 e. The molecule has 2 saturated heterocycles. The van der Waals surface area contributed by atoms with Crippen LogP contribution >= 0.6 is 0 Å². The van der Waals surface area contributed by atoms with Gasteiger partial charge in [0, 0.05) is 64.1 Å². The summed E-state index contributed by atoms with van der Waals surface area (Å²) >= 11 is 0. The second-order valence-electron chi connectivity index (χ2n) is 10.3. The van der Waals surface area contributed by atoms with Crippen molar-refractivity contribution in [3.8, 4) is 11.3 Å². The second kappa shape index (κ2) is 10.5. The van der Waals surface area contributed by atoms with Crippen LogP contribution in [0.15, 0.2) is 30.6 Å². The minimum Gasteiger partial charge on any atom is -0.444 e. The SMILES string of the molecule is CC(C)(C)OC(=O)N1CCN(c2ccc(-c3c(CCO)nc4c(N5CCOCC5)ccnn34)cn2)CC1. The summed E-state index contributed by atoms with van der Waals surface area (Å²) < 4.78 is 12.9. The molecule has 2 fully saturated rings. The third-order valence-corrected chi connectivity index (χ3v) is 6.55. The molecule has 2 aliphatic rings. The predicted molar refractivity (Wildman–Crippen MR) is 140 cm³/mol. The van der Waals surface area contributed by atoms with Gasteiger partial charge in [-0.05, 0) is 39.0 Å². The number of hydrogen-bond acceptors (Lipinski definition) is 9. The number of imidazole rings is 1. The van der Waals surface area contributed by atoms with Crippen LogP contribution in [0.2, 0.25) is 0 Å². The van der Waals surface area contributed by atoms with Crippen molar-refractivity contribution < 1.29 is 19.4 Å². The van der Waals surface area contributed by atoms with Crippen LogP contribution in [0, 0.1) is 0 Å². The zero-order chi connectivity index (χ0) is 26.0. The Morgan fingerprint density at radius 3 is 2.46 bits per heavy atom. The number of pyridine rings is 1. The highest BCUT2D eigenvalue weighted by molar-refractivity contribution is 5.75. The number of amides is 1. The Morgan fingerprint density at radius 2 is 1.81 bits per heavy atom. The number of aliphatic hydroxyl groups is 1. The zero-order valence-corrected chi connectivity index (χ0v) is 21.8. The number of fused-ring (bicyclic) bond motifs is 1. The van der Waals surface area contributed by atoms with Gasteiger partial charge >= 0.3 is 6.09 Å². The van der Waals surface area contributed by atoms with Gasteiger partial charge in [-0.2, -0.15) is 5.10 Å². The molecule has 2 aliphatic heterocycles. The highest BCUT2D eigenvalue weighted by atomic mass is 16.6. The summed E-state index contributed by atoms with van der Waals surface area (Å²) in [6.07, 6.45) is 3.78. The Balaban J connectivity index is 1.36. The Hall–Kier alpha value is -3.44. The van der Waals surface area contributed by atoms with E-state index in [-0.39, 0.29) is 12.7 Å². The van der Waals surface area contributed by atoms with Gasteiger partial charge in [-0.1, -0.05) is 0 Å². The van der Waals surface area contributed by atoms with Crippen LogP contribution in [-0.2, 0) is 15.9 Å². The third-order valence-electron chi connectivity index (χ3n) is 6.55. The van der Waals surface area contributed by atoms with Crippen molar-refractivity contribution in [1.29, 1.82) is 0 Å². The first-order chi connectivity index (χ1) is 17.8. The van der Waals surface area contributed by atoms with Crippen molar-refractivity contribution in [2.24, 2.45) is 0 Å². The molecule has 0 atom stereocenters. The molecule has 11 nitrogen and oxygen atoms in total. The number of nitrogens with zero attached hydrogens (tertiary/aromatic N) is 7. The number of carbonyl (C=O) groups excluding carboxylic acids is 1. The van der Waals surface area contributed by atoms with Gasteiger partial charge in [0.15, 0.2) is 5.65 Å². The molecule has 0 radical (unpaired) electrons. The summed E-state index contributed by atoms with van der Waals surface area (Å²) in [5.41, 5.74) is 3.79. The van der Waals surface area contributed by atoms with Crippen molar-refractivity contribution in [1.82, 2.24) is 24.5 Å². The minimum atomic E-state index is -0.504. The molecule has 0 spiro atoms. The number of hydrogen-bond donors (Lipinski definition) is 1. The van der Waals surface area contributed by atoms with E-state index in [1.807, 2.05) is 49.7 Å². The number of aliphatic hydroxyl groups excluding tert-OH is 1. The minimum absolute atomic E-state index is 0.00277. The first-order valence-electron chi connectivity index (χ1n) is 12.8. The standard InChI is InChI=1S/C26H35N7O4/c1-26(2,3)37-25(35)32-11-9-31(10-12-32)22-5-4-19(18-27-22)23-20(7-15-34)29-24-21(6-8-28-33(23)24)30-13-16-36-17-14-30/h4-6,8,18,34H,7,9-17H2,1-3H3. The molecule has 11 heteroatoms. The van der Waals surface area contributed by atoms with Gasteiger partial charge in [-0.25, -0.2) is 19.3 Å². The first kappa shape index (κ1) is 25.2. The highest BCUT2D eigenvalue weighted by Gasteiger charge is 2.27. The van der Waals surface area contributed by atoms with Crippen LogP contribution in [-0.4, -0.2) is 100 Å². The number of carbonyl (C=O) groups is 1. The Morgan fingerprint density at radius 1 is 1.05 bits per heavy atom. The van der Waals surface area contributed by atoms with E-state index in [9.17, 15) is 9.90 Å². The van der Waals surface area contributed by atoms with Crippen molar-refractivity contribution in [3.63, 3.8) is 0 Å². The van der Waals surface area contributed by atoms with Gasteiger partial charge in [-0.3, -0.25) is 0 Å². The van der Waals surface area contributed by atoms with E-state index in [4.69, 9.17) is 19.4 Å². The maximum atomic E-state index is 12.4. The average Bonchev–Trinajstić information content (AvgIpc) is 3.27. The molecule has 3 aromatic rings. The summed E-state index contributed by atoms with van der Waals surface area (Å²) in [6, 6.07) is 6.00. The topological polar surface area (TPSA) is 109 Å². The number of morpholine rings is 1. The Labute approximate surface area is 216 Å². The number of anilines is 2. The molecule has 0 saturated carbocycles. The van der Waals surface area contributed by atoms with E-state index >= 15 is 0 Å².